The highest BCUT2D eigenvalue weighted by atomic mass is 35.5. The summed E-state index contributed by atoms with van der Waals surface area (Å²) in [5, 5.41) is 1.43. The van der Waals surface area contributed by atoms with Gasteiger partial charge < -0.3 is 14.2 Å². The zero-order valence-electron chi connectivity index (χ0n) is 18.0. The average molecular weight is 524 g/mol. The summed E-state index contributed by atoms with van der Waals surface area (Å²) in [5.41, 5.74) is 0.0796. The van der Waals surface area contributed by atoms with Crippen molar-refractivity contribution in [2.24, 2.45) is 0 Å². The van der Waals surface area contributed by atoms with E-state index in [9.17, 15) is 22.4 Å². The van der Waals surface area contributed by atoms with Crippen LogP contribution in [0.15, 0.2) is 53.0 Å². The molecule has 5 nitrogen and oxygen atoms in total. The Balaban J connectivity index is 1.33. The van der Waals surface area contributed by atoms with Gasteiger partial charge in [0.1, 0.15) is 22.2 Å². The molecule has 1 aromatic heterocycles. The zero-order valence-corrected chi connectivity index (χ0v) is 19.6. The summed E-state index contributed by atoms with van der Waals surface area (Å²) in [6.07, 6.45) is 2.76. The molecule has 0 atom stereocenters. The zero-order chi connectivity index (χ0) is 25.1. The Morgan fingerprint density at radius 2 is 1.57 bits per heavy atom. The van der Waals surface area contributed by atoms with Crippen molar-refractivity contribution in [3.05, 3.63) is 82.6 Å². The van der Waals surface area contributed by atoms with Crippen molar-refractivity contribution >= 4 is 46.6 Å². The van der Waals surface area contributed by atoms with Gasteiger partial charge in [-0.25, -0.2) is 17.6 Å². The summed E-state index contributed by atoms with van der Waals surface area (Å²) in [7, 11) is 0. The Labute approximate surface area is 208 Å². The number of nitrogens with one attached hydrogen (secondary N) is 1. The standard InChI is InChI=1S/C24H18ClF4N3O2S/c25-18-19(26)21(28)23(22(29)20(18)27)31-10-12-32(13-11-31)24(35)30-17(33)9-7-15-6-8-16(34-15)14-4-2-1-3-5-14/h1-9H,10-13H2,(H,30,33,35)/b9-7+. The molecule has 0 saturated carbocycles. The molecule has 0 radical (unpaired) electrons. The van der Waals surface area contributed by atoms with E-state index < -0.39 is 39.9 Å². The van der Waals surface area contributed by atoms with Gasteiger partial charge >= 0.3 is 0 Å². The molecule has 1 amide bonds. The molecule has 182 valence electrons. The van der Waals surface area contributed by atoms with E-state index in [2.05, 4.69) is 5.32 Å². The number of hydrogen-bond acceptors (Lipinski definition) is 4. The molecule has 2 aromatic carbocycles. The number of hydrogen-bond donors (Lipinski definition) is 1. The molecule has 0 unspecified atom stereocenters. The lowest BCUT2D eigenvalue weighted by atomic mass is 10.2. The molecule has 35 heavy (non-hydrogen) atoms. The number of piperazine rings is 1. The van der Waals surface area contributed by atoms with Crippen LogP contribution in [0.5, 0.6) is 0 Å². The predicted molar refractivity (Wildman–Crippen MR) is 129 cm³/mol. The summed E-state index contributed by atoms with van der Waals surface area (Å²) < 4.78 is 61.7. The Kier molecular flexibility index (Phi) is 7.42. The van der Waals surface area contributed by atoms with Crippen molar-refractivity contribution in [1.82, 2.24) is 10.2 Å². The molecule has 1 fully saturated rings. The topological polar surface area (TPSA) is 48.7 Å². The lowest BCUT2D eigenvalue weighted by Gasteiger charge is -2.37. The second kappa shape index (κ2) is 10.5. The predicted octanol–water partition coefficient (Wildman–Crippen LogP) is 5.39. The van der Waals surface area contributed by atoms with Gasteiger partial charge in [-0.15, -0.1) is 0 Å². The number of anilines is 1. The van der Waals surface area contributed by atoms with Gasteiger partial charge in [-0.05, 0) is 30.4 Å². The van der Waals surface area contributed by atoms with E-state index in [1.54, 1.807) is 17.0 Å². The molecule has 1 aliphatic rings. The second-order valence-corrected chi connectivity index (χ2v) is 8.35. The van der Waals surface area contributed by atoms with Crippen LogP contribution in [-0.2, 0) is 4.79 Å². The molecule has 3 aromatic rings. The van der Waals surface area contributed by atoms with Crippen LogP contribution >= 0.6 is 23.8 Å². The first-order valence-corrected chi connectivity index (χ1v) is 11.2. The third kappa shape index (κ3) is 5.33. The Bertz CT molecular complexity index is 1260. The van der Waals surface area contributed by atoms with Crippen LogP contribution in [0.2, 0.25) is 5.02 Å². The second-order valence-electron chi connectivity index (χ2n) is 7.59. The minimum atomic E-state index is -1.65. The van der Waals surface area contributed by atoms with Gasteiger partial charge in [-0.1, -0.05) is 41.9 Å². The molecule has 1 N–H and O–H groups in total. The molecule has 0 spiro atoms. The van der Waals surface area contributed by atoms with Gasteiger partial charge in [0.25, 0.3) is 0 Å². The van der Waals surface area contributed by atoms with E-state index in [0.717, 1.165) is 10.5 Å². The summed E-state index contributed by atoms with van der Waals surface area (Å²) in [5.74, 6) is -5.77. The maximum absolute atomic E-state index is 14.2. The maximum atomic E-state index is 14.2. The van der Waals surface area contributed by atoms with Crippen molar-refractivity contribution < 1.29 is 26.8 Å². The van der Waals surface area contributed by atoms with Crippen molar-refractivity contribution in [3.8, 4) is 11.3 Å². The van der Waals surface area contributed by atoms with Crippen molar-refractivity contribution in [1.29, 1.82) is 0 Å². The SMILES string of the molecule is O=C(/C=C/c1ccc(-c2ccccc2)o1)NC(=S)N1CCN(c2c(F)c(F)c(Cl)c(F)c2F)CC1. The molecule has 1 saturated heterocycles. The fourth-order valence-electron chi connectivity index (χ4n) is 3.59. The summed E-state index contributed by atoms with van der Waals surface area (Å²) in [4.78, 5) is 15.0. The van der Waals surface area contributed by atoms with Crippen molar-refractivity contribution in [2.75, 3.05) is 31.1 Å². The number of carbonyl (C=O) groups is 1. The van der Waals surface area contributed by atoms with E-state index in [1.807, 2.05) is 30.3 Å². The summed E-state index contributed by atoms with van der Waals surface area (Å²) >= 11 is 10.5. The van der Waals surface area contributed by atoms with Crippen LogP contribution in [0.25, 0.3) is 17.4 Å². The number of furan rings is 1. The first-order valence-electron chi connectivity index (χ1n) is 10.5. The van der Waals surface area contributed by atoms with Crippen LogP contribution in [0, 0.1) is 23.3 Å². The molecule has 1 aliphatic heterocycles. The highest BCUT2D eigenvalue weighted by Crippen LogP contribution is 2.34. The number of benzene rings is 2. The minimum Gasteiger partial charge on any atom is -0.457 e. The first-order chi connectivity index (χ1) is 16.8. The van der Waals surface area contributed by atoms with E-state index in [4.69, 9.17) is 28.2 Å². The van der Waals surface area contributed by atoms with E-state index in [1.165, 1.54) is 12.2 Å². The van der Waals surface area contributed by atoms with Crippen molar-refractivity contribution in [3.63, 3.8) is 0 Å². The van der Waals surface area contributed by atoms with E-state index in [-0.39, 0.29) is 31.3 Å². The molecule has 4 rings (SSSR count). The van der Waals surface area contributed by atoms with Crippen LogP contribution in [0.1, 0.15) is 5.76 Å². The molecule has 0 aliphatic carbocycles. The molecule has 11 heteroatoms. The van der Waals surface area contributed by atoms with Crippen LogP contribution < -0.4 is 10.2 Å². The molecule has 0 bridgehead atoms. The number of amides is 1. The number of halogens is 5. The van der Waals surface area contributed by atoms with Crippen molar-refractivity contribution in [2.45, 2.75) is 0 Å². The highest BCUT2D eigenvalue weighted by Gasteiger charge is 2.30. The monoisotopic (exact) mass is 523 g/mol. The van der Waals surface area contributed by atoms with Gasteiger partial charge in [-0.2, -0.15) is 0 Å². The molecular formula is C24H18ClF4N3O2S. The minimum absolute atomic E-state index is 0.00879. The quantitative estimate of drug-likeness (QED) is 0.163. The lowest BCUT2D eigenvalue weighted by Crippen LogP contribution is -2.53. The average Bonchev–Trinajstić information content (AvgIpc) is 3.35. The van der Waals surface area contributed by atoms with Gasteiger partial charge in [-0.3, -0.25) is 10.1 Å². The van der Waals surface area contributed by atoms with Crippen LogP contribution in [0.4, 0.5) is 23.2 Å². The molecular weight excluding hydrogens is 506 g/mol. The Morgan fingerprint density at radius 1 is 0.943 bits per heavy atom. The lowest BCUT2D eigenvalue weighted by molar-refractivity contribution is -0.115. The smallest absolute Gasteiger partial charge is 0.250 e. The third-order valence-corrected chi connectivity index (χ3v) is 6.08. The van der Waals surface area contributed by atoms with Crippen LogP contribution in [0.3, 0.4) is 0 Å². The van der Waals surface area contributed by atoms with Gasteiger partial charge in [0.2, 0.25) is 5.91 Å². The molecule has 2 heterocycles. The van der Waals surface area contributed by atoms with E-state index >= 15 is 0 Å². The number of thiocarbonyl (C=S) groups is 1. The normalized spacial score (nSPS) is 14.0. The number of rotatable bonds is 4. The number of nitrogens with zero attached hydrogens (tertiary/aromatic N) is 2. The van der Waals surface area contributed by atoms with Gasteiger partial charge in [0, 0.05) is 37.8 Å². The Hall–Kier alpha value is -3.37. The van der Waals surface area contributed by atoms with E-state index in [0.29, 0.717) is 11.5 Å². The van der Waals surface area contributed by atoms with Gasteiger partial charge in [0.15, 0.2) is 28.4 Å². The number of carbonyl (C=O) groups excluding carboxylic acids is 1. The summed E-state index contributed by atoms with van der Waals surface area (Å²) in [6.45, 7) is 0.335. The van der Waals surface area contributed by atoms with Gasteiger partial charge in [0.05, 0.1) is 0 Å². The summed E-state index contributed by atoms with van der Waals surface area (Å²) in [6, 6.07) is 13.0. The fourth-order valence-corrected chi connectivity index (χ4v) is 4.04. The largest absolute Gasteiger partial charge is 0.457 e. The Morgan fingerprint density at radius 3 is 2.20 bits per heavy atom. The fraction of sp³-hybridized carbons (Fsp3) is 0.167. The highest BCUT2D eigenvalue weighted by molar-refractivity contribution is 7.80. The third-order valence-electron chi connectivity index (χ3n) is 5.38. The maximum Gasteiger partial charge on any atom is 0.250 e. The first kappa shape index (κ1) is 24.7. The van der Waals surface area contributed by atoms with Crippen LogP contribution in [-0.4, -0.2) is 42.1 Å².